The predicted molar refractivity (Wildman–Crippen MR) is 78.6 cm³/mol. The van der Waals surface area contributed by atoms with Gasteiger partial charge in [0.1, 0.15) is 11.5 Å². The zero-order valence-electron chi connectivity index (χ0n) is 11.8. The number of hydrogen-bond acceptors (Lipinski definition) is 4. The van der Waals surface area contributed by atoms with Crippen molar-refractivity contribution >= 4 is 11.5 Å². The lowest BCUT2D eigenvalue weighted by Gasteiger charge is -2.11. The van der Waals surface area contributed by atoms with Crippen LogP contribution in [-0.2, 0) is 0 Å². The molecule has 0 aliphatic heterocycles. The topological polar surface area (TPSA) is 61.5 Å². The van der Waals surface area contributed by atoms with Crippen LogP contribution >= 0.6 is 0 Å². The molecular weight excluding hydrogens is 254 g/mol. The third-order valence-electron chi connectivity index (χ3n) is 3.10. The summed E-state index contributed by atoms with van der Waals surface area (Å²) in [6.45, 7) is 1.92. The highest BCUT2D eigenvalue weighted by Gasteiger charge is 2.17. The van der Waals surface area contributed by atoms with Gasteiger partial charge < -0.3 is 15.2 Å². The van der Waals surface area contributed by atoms with Crippen LogP contribution in [0, 0.1) is 6.92 Å². The number of rotatable bonds is 4. The Balaban J connectivity index is 2.53. The maximum atomic E-state index is 12.7. The van der Waals surface area contributed by atoms with E-state index >= 15 is 0 Å². The van der Waals surface area contributed by atoms with Crippen molar-refractivity contribution in [3.63, 3.8) is 0 Å². The molecule has 4 nitrogen and oxygen atoms in total. The average molecular weight is 271 g/mol. The Labute approximate surface area is 118 Å². The molecule has 2 aromatic carbocycles. The van der Waals surface area contributed by atoms with Gasteiger partial charge in [-0.1, -0.05) is 11.6 Å². The number of methoxy groups -OCH3 is 2. The monoisotopic (exact) mass is 271 g/mol. The number of nitrogen functional groups attached to an aromatic ring is 1. The highest BCUT2D eigenvalue weighted by Crippen LogP contribution is 2.27. The summed E-state index contributed by atoms with van der Waals surface area (Å²) in [4.78, 5) is 12.7. The number of carbonyl (C=O) groups is 1. The molecule has 0 bridgehead atoms. The largest absolute Gasteiger partial charge is 0.497 e. The quantitative estimate of drug-likeness (QED) is 0.686. The van der Waals surface area contributed by atoms with Crippen LogP contribution in [0.4, 0.5) is 5.69 Å². The van der Waals surface area contributed by atoms with Gasteiger partial charge in [0.2, 0.25) is 0 Å². The Hall–Kier alpha value is -2.49. The summed E-state index contributed by atoms with van der Waals surface area (Å²) < 4.78 is 10.4. The molecule has 20 heavy (non-hydrogen) atoms. The fourth-order valence-corrected chi connectivity index (χ4v) is 2.00. The van der Waals surface area contributed by atoms with E-state index in [-0.39, 0.29) is 5.78 Å². The van der Waals surface area contributed by atoms with Gasteiger partial charge in [0.25, 0.3) is 0 Å². The highest BCUT2D eigenvalue weighted by atomic mass is 16.5. The second-order valence-corrected chi connectivity index (χ2v) is 4.49. The Kier molecular flexibility index (Phi) is 3.94. The van der Waals surface area contributed by atoms with E-state index in [0.29, 0.717) is 28.3 Å². The van der Waals surface area contributed by atoms with E-state index in [1.165, 1.54) is 7.11 Å². The lowest BCUT2D eigenvalue weighted by molar-refractivity contribution is 0.103. The van der Waals surface area contributed by atoms with Crippen molar-refractivity contribution in [2.24, 2.45) is 0 Å². The van der Waals surface area contributed by atoms with E-state index in [4.69, 9.17) is 15.2 Å². The summed E-state index contributed by atoms with van der Waals surface area (Å²) >= 11 is 0. The number of carbonyl (C=O) groups excluding carboxylic acids is 1. The molecular formula is C16H17NO3. The van der Waals surface area contributed by atoms with E-state index in [1.807, 2.05) is 13.0 Å². The van der Waals surface area contributed by atoms with Crippen LogP contribution in [0.1, 0.15) is 21.5 Å². The number of hydrogen-bond donors (Lipinski definition) is 1. The standard InChI is InChI=1S/C16H17NO3/c1-10-4-7-15(20-3)13(8-10)16(18)12-9-11(19-2)5-6-14(12)17/h4-9H,17H2,1-3H3. The van der Waals surface area contributed by atoms with Crippen LogP contribution in [0.3, 0.4) is 0 Å². The molecule has 0 saturated carbocycles. The van der Waals surface area contributed by atoms with Gasteiger partial charge in [0.05, 0.1) is 19.8 Å². The molecule has 0 unspecified atom stereocenters. The lowest BCUT2D eigenvalue weighted by Crippen LogP contribution is -2.08. The fourth-order valence-electron chi connectivity index (χ4n) is 2.00. The summed E-state index contributed by atoms with van der Waals surface area (Å²) in [7, 11) is 3.09. The molecule has 0 amide bonds. The van der Waals surface area contributed by atoms with Crippen molar-refractivity contribution in [1.82, 2.24) is 0 Å². The number of ether oxygens (including phenoxy) is 2. The third kappa shape index (κ3) is 2.59. The number of ketones is 1. The third-order valence-corrected chi connectivity index (χ3v) is 3.10. The molecule has 0 aromatic heterocycles. The first-order chi connectivity index (χ1) is 9.56. The van der Waals surface area contributed by atoms with Gasteiger partial charge in [-0.15, -0.1) is 0 Å². The minimum atomic E-state index is -0.179. The Morgan fingerprint density at radius 2 is 1.75 bits per heavy atom. The molecule has 0 fully saturated rings. The first kappa shape index (κ1) is 13.9. The highest BCUT2D eigenvalue weighted by molar-refractivity contribution is 6.13. The van der Waals surface area contributed by atoms with Gasteiger partial charge in [0.15, 0.2) is 5.78 Å². The summed E-state index contributed by atoms with van der Waals surface area (Å²) in [6.07, 6.45) is 0. The molecule has 0 aliphatic carbocycles. The second kappa shape index (κ2) is 5.65. The van der Waals surface area contributed by atoms with Crippen molar-refractivity contribution in [3.8, 4) is 11.5 Å². The molecule has 0 radical (unpaired) electrons. The van der Waals surface area contributed by atoms with Crippen molar-refractivity contribution in [2.75, 3.05) is 20.0 Å². The second-order valence-electron chi connectivity index (χ2n) is 4.49. The van der Waals surface area contributed by atoms with E-state index < -0.39 is 0 Å². The summed E-state index contributed by atoms with van der Waals surface area (Å²) in [5, 5.41) is 0. The first-order valence-electron chi connectivity index (χ1n) is 6.19. The molecule has 0 heterocycles. The summed E-state index contributed by atoms with van der Waals surface area (Å²) in [5.41, 5.74) is 8.20. The molecule has 0 saturated heterocycles. The minimum Gasteiger partial charge on any atom is -0.497 e. The fraction of sp³-hybridized carbons (Fsp3) is 0.188. The minimum absolute atomic E-state index is 0.179. The van der Waals surface area contributed by atoms with Crippen LogP contribution in [0.5, 0.6) is 11.5 Å². The number of aryl methyl sites for hydroxylation is 1. The van der Waals surface area contributed by atoms with Gasteiger partial charge in [0, 0.05) is 11.3 Å². The van der Waals surface area contributed by atoms with Crippen LogP contribution in [0.15, 0.2) is 36.4 Å². The maximum Gasteiger partial charge on any atom is 0.198 e. The van der Waals surface area contributed by atoms with E-state index in [0.717, 1.165) is 5.56 Å². The van der Waals surface area contributed by atoms with Gasteiger partial charge in [-0.2, -0.15) is 0 Å². The van der Waals surface area contributed by atoms with E-state index in [2.05, 4.69) is 0 Å². The Morgan fingerprint density at radius 3 is 2.40 bits per heavy atom. The van der Waals surface area contributed by atoms with Gasteiger partial charge >= 0.3 is 0 Å². The first-order valence-corrected chi connectivity index (χ1v) is 6.19. The molecule has 2 rings (SSSR count). The normalized spacial score (nSPS) is 10.2. The predicted octanol–water partition coefficient (Wildman–Crippen LogP) is 2.83. The number of anilines is 1. The lowest BCUT2D eigenvalue weighted by atomic mass is 9.99. The van der Waals surface area contributed by atoms with Crippen molar-refractivity contribution in [1.29, 1.82) is 0 Å². The molecule has 0 atom stereocenters. The SMILES string of the molecule is COc1ccc(N)c(C(=O)c2cc(C)ccc2OC)c1. The maximum absolute atomic E-state index is 12.7. The smallest absolute Gasteiger partial charge is 0.198 e. The summed E-state index contributed by atoms with van der Waals surface area (Å²) in [6, 6.07) is 10.5. The molecule has 104 valence electrons. The zero-order valence-corrected chi connectivity index (χ0v) is 11.8. The van der Waals surface area contributed by atoms with Gasteiger partial charge in [-0.25, -0.2) is 0 Å². The van der Waals surface area contributed by atoms with E-state index in [1.54, 1.807) is 37.4 Å². The van der Waals surface area contributed by atoms with Crippen LogP contribution in [0.2, 0.25) is 0 Å². The zero-order chi connectivity index (χ0) is 14.7. The molecule has 2 N–H and O–H groups in total. The van der Waals surface area contributed by atoms with Crippen LogP contribution in [-0.4, -0.2) is 20.0 Å². The van der Waals surface area contributed by atoms with Gasteiger partial charge in [-0.3, -0.25) is 4.79 Å². The van der Waals surface area contributed by atoms with Crippen molar-refractivity contribution < 1.29 is 14.3 Å². The number of benzene rings is 2. The van der Waals surface area contributed by atoms with Crippen LogP contribution in [0.25, 0.3) is 0 Å². The van der Waals surface area contributed by atoms with Crippen molar-refractivity contribution in [2.45, 2.75) is 6.92 Å². The Morgan fingerprint density at radius 1 is 1.00 bits per heavy atom. The Bertz CT molecular complexity index is 650. The van der Waals surface area contributed by atoms with Crippen molar-refractivity contribution in [3.05, 3.63) is 53.1 Å². The molecule has 2 aromatic rings. The number of nitrogens with two attached hydrogens (primary N) is 1. The average Bonchev–Trinajstić information content (AvgIpc) is 2.47. The van der Waals surface area contributed by atoms with Crippen LogP contribution < -0.4 is 15.2 Å². The molecule has 4 heteroatoms. The molecule has 0 spiro atoms. The molecule has 0 aliphatic rings. The summed E-state index contributed by atoms with van der Waals surface area (Å²) in [5.74, 6) is 0.943. The van der Waals surface area contributed by atoms with Gasteiger partial charge in [-0.05, 0) is 37.3 Å². The van der Waals surface area contributed by atoms with E-state index in [9.17, 15) is 4.79 Å².